The van der Waals surface area contributed by atoms with E-state index in [2.05, 4.69) is 14.5 Å². The number of halogens is 2. The van der Waals surface area contributed by atoms with Gasteiger partial charge in [-0.1, -0.05) is 11.6 Å². The molecule has 0 aliphatic heterocycles. The van der Waals surface area contributed by atoms with E-state index in [1.54, 1.807) is 0 Å². The summed E-state index contributed by atoms with van der Waals surface area (Å²) in [4.78, 5) is 8.57. The van der Waals surface area contributed by atoms with Crippen LogP contribution in [0, 0.1) is 0 Å². The molecule has 0 fully saturated rings. The summed E-state index contributed by atoms with van der Waals surface area (Å²) in [6.07, 6.45) is 4.54. The first-order valence-electron chi connectivity index (χ1n) is 6.37. The quantitative estimate of drug-likeness (QED) is 0.680. The predicted octanol–water partition coefficient (Wildman–Crippen LogP) is 4.07. The molecule has 2 aromatic heterocycles. The molecule has 0 aliphatic rings. The van der Waals surface area contributed by atoms with Gasteiger partial charge in [0.15, 0.2) is 0 Å². The highest BCUT2D eigenvalue weighted by Gasteiger charge is 2.10. The Morgan fingerprint density at radius 2 is 1.90 bits per heavy atom. The zero-order valence-electron chi connectivity index (χ0n) is 10.8. The molecule has 0 unspecified atom stereocenters. The fraction of sp³-hybridized carbons (Fsp3) is 0.200. The number of aromatic nitrogens is 3. The van der Waals surface area contributed by atoms with E-state index in [1.165, 1.54) is 5.56 Å². The van der Waals surface area contributed by atoms with Gasteiger partial charge >= 0.3 is 0 Å². The Balaban J connectivity index is 1.93. The zero-order chi connectivity index (χ0) is 13.9. The molecule has 3 aromatic rings. The maximum absolute atomic E-state index is 6.01. The molecule has 0 saturated heterocycles. The van der Waals surface area contributed by atoms with E-state index < -0.39 is 0 Å². The second-order valence-corrected chi connectivity index (χ2v) is 5.26. The number of imidazole rings is 1. The molecule has 1 aromatic carbocycles. The van der Waals surface area contributed by atoms with Crippen LogP contribution in [-0.2, 0) is 18.8 Å². The highest BCUT2D eigenvalue weighted by molar-refractivity contribution is 6.31. The van der Waals surface area contributed by atoms with Crippen molar-refractivity contribution >= 4 is 34.2 Å². The van der Waals surface area contributed by atoms with E-state index in [0.717, 1.165) is 29.8 Å². The molecule has 102 valence electrons. The number of rotatable bonds is 4. The molecule has 0 aliphatic carbocycles. The summed E-state index contributed by atoms with van der Waals surface area (Å²) in [5.41, 5.74) is 3.21. The second kappa shape index (κ2) is 5.81. The van der Waals surface area contributed by atoms with Gasteiger partial charge in [-0.2, -0.15) is 0 Å². The summed E-state index contributed by atoms with van der Waals surface area (Å²) in [5, 5.41) is 0.692. The Labute approximate surface area is 127 Å². The van der Waals surface area contributed by atoms with Crippen molar-refractivity contribution < 1.29 is 0 Å². The normalized spacial score (nSPS) is 11.1. The lowest BCUT2D eigenvalue weighted by Gasteiger charge is -2.07. The van der Waals surface area contributed by atoms with Crippen LogP contribution in [0.2, 0.25) is 5.02 Å². The lowest BCUT2D eigenvalue weighted by atomic mass is 10.2. The molecular weight excluding hydrogens is 293 g/mol. The minimum absolute atomic E-state index is 0.392. The van der Waals surface area contributed by atoms with Gasteiger partial charge in [0.1, 0.15) is 5.82 Å². The van der Waals surface area contributed by atoms with Crippen LogP contribution in [0.5, 0.6) is 0 Å². The van der Waals surface area contributed by atoms with Crippen LogP contribution in [0.25, 0.3) is 11.0 Å². The number of hydrogen-bond donors (Lipinski definition) is 0. The number of pyridine rings is 1. The van der Waals surface area contributed by atoms with E-state index in [4.69, 9.17) is 23.2 Å². The van der Waals surface area contributed by atoms with Crippen molar-refractivity contribution in [2.24, 2.45) is 0 Å². The molecule has 0 spiro atoms. The third-order valence-corrected chi connectivity index (χ3v) is 3.76. The fourth-order valence-corrected chi connectivity index (χ4v) is 2.67. The highest BCUT2D eigenvalue weighted by Crippen LogP contribution is 2.22. The van der Waals surface area contributed by atoms with Gasteiger partial charge in [-0.3, -0.25) is 4.98 Å². The van der Waals surface area contributed by atoms with Gasteiger partial charge in [-0.05, 0) is 42.3 Å². The third-order valence-electron chi connectivity index (χ3n) is 3.28. The summed E-state index contributed by atoms with van der Waals surface area (Å²) in [7, 11) is 0. The van der Waals surface area contributed by atoms with Crippen LogP contribution >= 0.6 is 23.2 Å². The number of nitrogens with zero attached hydrogens (tertiary/aromatic N) is 3. The number of fused-ring (bicyclic) bond motifs is 1. The fourth-order valence-electron chi connectivity index (χ4n) is 2.29. The van der Waals surface area contributed by atoms with Crippen molar-refractivity contribution in [3.05, 3.63) is 59.1 Å². The number of hydrogen-bond acceptors (Lipinski definition) is 2. The van der Waals surface area contributed by atoms with Crippen LogP contribution in [0.3, 0.4) is 0 Å². The molecule has 20 heavy (non-hydrogen) atoms. The zero-order valence-corrected chi connectivity index (χ0v) is 12.3. The Morgan fingerprint density at radius 1 is 1.10 bits per heavy atom. The van der Waals surface area contributed by atoms with Gasteiger partial charge in [-0.25, -0.2) is 4.98 Å². The molecule has 3 rings (SSSR count). The van der Waals surface area contributed by atoms with Crippen LogP contribution in [0.4, 0.5) is 0 Å². The standard InChI is InChI=1S/C15H13Cl2N3/c16-10-15-19-13-9-12(17)1-2-14(13)20(15)8-5-11-3-6-18-7-4-11/h1-4,6-7,9H,5,8,10H2. The van der Waals surface area contributed by atoms with Crippen LogP contribution in [-0.4, -0.2) is 14.5 Å². The molecule has 0 radical (unpaired) electrons. The van der Waals surface area contributed by atoms with E-state index >= 15 is 0 Å². The number of alkyl halides is 1. The highest BCUT2D eigenvalue weighted by atomic mass is 35.5. The molecule has 0 amide bonds. The Morgan fingerprint density at radius 3 is 2.65 bits per heavy atom. The molecule has 0 saturated carbocycles. The summed E-state index contributed by atoms with van der Waals surface area (Å²) >= 11 is 12.0. The van der Waals surface area contributed by atoms with Crippen LogP contribution in [0.1, 0.15) is 11.4 Å². The van der Waals surface area contributed by atoms with Crippen molar-refractivity contribution in [2.45, 2.75) is 18.8 Å². The lowest BCUT2D eigenvalue weighted by Crippen LogP contribution is -2.05. The molecule has 3 nitrogen and oxygen atoms in total. The monoisotopic (exact) mass is 305 g/mol. The van der Waals surface area contributed by atoms with E-state index in [1.807, 2.05) is 42.7 Å². The topological polar surface area (TPSA) is 30.7 Å². The Hall–Kier alpha value is -1.58. The summed E-state index contributed by atoms with van der Waals surface area (Å²) < 4.78 is 2.15. The van der Waals surface area contributed by atoms with Gasteiger partial charge in [0.05, 0.1) is 16.9 Å². The smallest absolute Gasteiger partial charge is 0.124 e. The Kier molecular flexibility index (Phi) is 3.90. The maximum Gasteiger partial charge on any atom is 0.124 e. The second-order valence-electron chi connectivity index (χ2n) is 4.55. The van der Waals surface area contributed by atoms with Crippen molar-refractivity contribution in [1.29, 1.82) is 0 Å². The van der Waals surface area contributed by atoms with E-state index in [-0.39, 0.29) is 0 Å². The first-order chi connectivity index (χ1) is 9.78. The predicted molar refractivity (Wildman–Crippen MR) is 82.2 cm³/mol. The Bertz CT molecular complexity index is 723. The average Bonchev–Trinajstić information content (AvgIpc) is 2.83. The number of benzene rings is 1. The van der Waals surface area contributed by atoms with E-state index in [0.29, 0.717) is 10.9 Å². The van der Waals surface area contributed by atoms with Gasteiger partial charge in [0.2, 0.25) is 0 Å². The minimum Gasteiger partial charge on any atom is -0.327 e. The largest absolute Gasteiger partial charge is 0.327 e. The van der Waals surface area contributed by atoms with Gasteiger partial charge in [0.25, 0.3) is 0 Å². The van der Waals surface area contributed by atoms with Crippen LogP contribution in [0.15, 0.2) is 42.7 Å². The van der Waals surface area contributed by atoms with Crippen LogP contribution < -0.4 is 0 Å². The van der Waals surface area contributed by atoms with Crippen molar-refractivity contribution in [3.63, 3.8) is 0 Å². The first-order valence-corrected chi connectivity index (χ1v) is 7.28. The van der Waals surface area contributed by atoms with E-state index in [9.17, 15) is 0 Å². The van der Waals surface area contributed by atoms with Gasteiger partial charge in [-0.15, -0.1) is 11.6 Å². The molecule has 0 atom stereocenters. The average molecular weight is 306 g/mol. The SMILES string of the molecule is ClCc1nc2cc(Cl)ccc2n1CCc1ccncc1. The van der Waals surface area contributed by atoms with Gasteiger partial charge in [0, 0.05) is 24.0 Å². The molecule has 0 N–H and O–H groups in total. The first kappa shape index (κ1) is 13.4. The molecular formula is C15H13Cl2N3. The molecule has 0 bridgehead atoms. The lowest BCUT2D eigenvalue weighted by molar-refractivity contribution is 0.687. The maximum atomic E-state index is 6.01. The number of aryl methyl sites for hydroxylation is 2. The summed E-state index contributed by atoms with van der Waals surface area (Å²) in [6, 6.07) is 9.79. The molecule has 5 heteroatoms. The molecule has 2 heterocycles. The summed E-state index contributed by atoms with van der Waals surface area (Å²) in [5.74, 6) is 1.26. The van der Waals surface area contributed by atoms with Crippen molar-refractivity contribution in [3.8, 4) is 0 Å². The third kappa shape index (κ3) is 2.65. The van der Waals surface area contributed by atoms with Crippen molar-refractivity contribution in [2.75, 3.05) is 0 Å². The minimum atomic E-state index is 0.392. The van der Waals surface area contributed by atoms with Crippen molar-refractivity contribution in [1.82, 2.24) is 14.5 Å². The van der Waals surface area contributed by atoms with Gasteiger partial charge < -0.3 is 4.57 Å². The summed E-state index contributed by atoms with van der Waals surface area (Å²) in [6.45, 7) is 0.837.